The third-order valence-electron chi connectivity index (χ3n) is 2.35. The van der Waals surface area contributed by atoms with Crippen LogP contribution >= 0.6 is 0 Å². The predicted octanol–water partition coefficient (Wildman–Crippen LogP) is 0.746. The fourth-order valence-electron chi connectivity index (χ4n) is 1.45. The van der Waals surface area contributed by atoms with Gasteiger partial charge in [0.25, 0.3) is 0 Å². The van der Waals surface area contributed by atoms with Crippen molar-refractivity contribution in [2.75, 3.05) is 13.1 Å². The lowest BCUT2D eigenvalue weighted by Gasteiger charge is -2.25. The SMILES string of the molecule is CCCNCC(=O)NC(C)(CCC)C(=O)O. The Balaban J connectivity index is 4.19. The minimum Gasteiger partial charge on any atom is -0.480 e. The van der Waals surface area contributed by atoms with Crippen LogP contribution in [0.3, 0.4) is 0 Å². The van der Waals surface area contributed by atoms with Crippen LogP contribution in [0, 0.1) is 0 Å². The smallest absolute Gasteiger partial charge is 0.329 e. The number of aliphatic carboxylic acids is 1. The molecule has 1 atom stereocenters. The molecule has 0 fully saturated rings. The van der Waals surface area contributed by atoms with Crippen LogP contribution in [0.5, 0.6) is 0 Å². The highest BCUT2D eigenvalue weighted by Crippen LogP contribution is 2.12. The molecular weight excluding hydrogens is 208 g/mol. The van der Waals surface area contributed by atoms with E-state index in [1.165, 1.54) is 6.92 Å². The number of hydrogen-bond donors (Lipinski definition) is 3. The average Bonchev–Trinajstić information content (AvgIpc) is 2.18. The van der Waals surface area contributed by atoms with E-state index in [9.17, 15) is 9.59 Å². The quantitative estimate of drug-likeness (QED) is 0.538. The molecule has 5 heteroatoms. The van der Waals surface area contributed by atoms with Gasteiger partial charge in [0.1, 0.15) is 5.54 Å². The van der Waals surface area contributed by atoms with Gasteiger partial charge in [0, 0.05) is 0 Å². The first-order valence-corrected chi connectivity index (χ1v) is 5.71. The summed E-state index contributed by atoms with van der Waals surface area (Å²) in [4.78, 5) is 22.5. The molecular formula is C11H22N2O3. The molecule has 0 aliphatic heterocycles. The lowest BCUT2D eigenvalue weighted by atomic mass is 9.96. The van der Waals surface area contributed by atoms with Crippen molar-refractivity contribution < 1.29 is 14.7 Å². The van der Waals surface area contributed by atoms with Crippen molar-refractivity contribution in [2.45, 2.75) is 45.6 Å². The van der Waals surface area contributed by atoms with Gasteiger partial charge in [-0.15, -0.1) is 0 Å². The summed E-state index contributed by atoms with van der Waals surface area (Å²) >= 11 is 0. The van der Waals surface area contributed by atoms with Gasteiger partial charge in [-0.3, -0.25) is 4.79 Å². The van der Waals surface area contributed by atoms with Crippen molar-refractivity contribution >= 4 is 11.9 Å². The molecule has 0 spiro atoms. The molecule has 3 N–H and O–H groups in total. The fourth-order valence-corrected chi connectivity index (χ4v) is 1.45. The first kappa shape index (κ1) is 14.9. The Morgan fingerprint density at radius 2 is 1.88 bits per heavy atom. The van der Waals surface area contributed by atoms with Gasteiger partial charge in [-0.2, -0.15) is 0 Å². The van der Waals surface area contributed by atoms with E-state index in [1.54, 1.807) is 0 Å². The van der Waals surface area contributed by atoms with Gasteiger partial charge in [0.15, 0.2) is 0 Å². The second kappa shape index (κ2) is 7.22. The number of carboxylic acid groups (broad SMARTS) is 1. The summed E-state index contributed by atoms with van der Waals surface area (Å²) < 4.78 is 0. The van der Waals surface area contributed by atoms with Crippen LogP contribution < -0.4 is 10.6 Å². The standard InChI is InChI=1S/C11H22N2O3/c1-4-6-11(3,10(15)16)13-9(14)8-12-7-5-2/h12H,4-8H2,1-3H3,(H,13,14)(H,15,16). The molecule has 0 heterocycles. The highest BCUT2D eigenvalue weighted by molar-refractivity contribution is 5.87. The maximum Gasteiger partial charge on any atom is 0.329 e. The molecule has 0 aliphatic carbocycles. The van der Waals surface area contributed by atoms with Crippen LogP contribution in [-0.2, 0) is 9.59 Å². The van der Waals surface area contributed by atoms with E-state index < -0.39 is 11.5 Å². The molecule has 0 aromatic rings. The van der Waals surface area contributed by atoms with Crippen LogP contribution in [0.15, 0.2) is 0 Å². The second-order valence-corrected chi connectivity index (χ2v) is 4.11. The Kier molecular flexibility index (Phi) is 6.72. The molecule has 0 saturated heterocycles. The summed E-state index contributed by atoms with van der Waals surface area (Å²) in [6, 6.07) is 0. The molecule has 16 heavy (non-hydrogen) atoms. The van der Waals surface area contributed by atoms with Gasteiger partial charge < -0.3 is 15.7 Å². The fraction of sp³-hybridized carbons (Fsp3) is 0.818. The number of carbonyl (C=O) groups excluding carboxylic acids is 1. The normalized spacial score (nSPS) is 14.2. The summed E-state index contributed by atoms with van der Waals surface area (Å²) in [5.74, 6) is -1.26. The molecule has 1 unspecified atom stereocenters. The average molecular weight is 230 g/mol. The highest BCUT2D eigenvalue weighted by atomic mass is 16.4. The molecule has 0 bridgehead atoms. The zero-order chi connectivity index (χ0) is 12.6. The second-order valence-electron chi connectivity index (χ2n) is 4.11. The Morgan fingerprint density at radius 1 is 1.25 bits per heavy atom. The van der Waals surface area contributed by atoms with Crippen LogP contribution in [0.25, 0.3) is 0 Å². The topological polar surface area (TPSA) is 78.4 Å². The van der Waals surface area contributed by atoms with E-state index >= 15 is 0 Å². The van der Waals surface area contributed by atoms with Crippen molar-refractivity contribution in [3.63, 3.8) is 0 Å². The van der Waals surface area contributed by atoms with E-state index in [2.05, 4.69) is 10.6 Å². The summed E-state index contributed by atoms with van der Waals surface area (Å²) in [5.41, 5.74) is -1.15. The third-order valence-corrected chi connectivity index (χ3v) is 2.35. The third kappa shape index (κ3) is 5.11. The Labute approximate surface area is 96.6 Å². The summed E-state index contributed by atoms with van der Waals surface area (Å²) in [6.45, 7) is 6.36. The van der Waals surface area contributed by atoms with Crippen molar-refractivity contribution in [1.29, 1.82) is 0 Å². The summed E-state index contributed by atoms with van der Waals surface area (Å²) in [7, 11) is 0. The molecule has 94 valence electrons. The van der Waals surface area contributed by atoms with Gasteiger partial charge in [0.2, 0.25) is 5.91 Å². The predicted molar refractivity (Wildman–Crippen MR) is 62.3 cm³/mol. The minimum atomic E-state index is -1.15. The van der Waals surface area contributed by atoms with Crippen molar-refractivity contribution in [2.24, 2.45) is 0 Å². The number of carboxylic acids is 1. The van der Waals surface area contributed by atoms with E-state index in [4.69, 9.17) is 5.11 Å². The van der Waals surface area contributed by atoms with E-state index in [1.807, 2.05) is 13.8 Å². The van der Waals surface area contributed by atoms with Gasteiger partial charge in [0.05, 0.1) is 6.54 Å². The lowest BCUT2D eigenvalue weighted by Crippen LogP contribution is -2.54. The largest absolute Gasteiger partial charge is 0.480 e. The van der Waals surface area contributed by atoms with Crippen LogP contribution in [0.2, 0.25) is 0 Å². The molecule has 0 saturated carbocycles. The highest BCUT2D eigenvalue weighted by Gasteiger charge is 2.33. The van der Waals surface area contributed by atoms with Crippen LogP contribution in [0.4, 0.5) is 0 Å². The number of amides is 1. The van der Waals surface area contributed by atoms with Crippen molar-refractivity contribution in [3.05, 3.63) is 0 Å². The summed E-state index contributed by atoms with van der Waals surface area (Å²) in [5, 5.41) is 14.5. The number of nitrogens with one attached hydrogen (secondary N) is 2. The van der Waals surface area contributed by atoms with Crippen LogP contribution in [-0.4, -0.2) is 35.6 Å². The number of carbonyl (C=O) groups is 2. The van der Waals surface area contributed by atoms with Crippen LogP contribution in [0.1, 0.15) is 40.0 Å². The monoisotopic (exact) mass is 230 g/mol. The molecule has 0 aliphatic rings. The maximum absolute atomic E-state index is 11.5. The first-order valence-electron chi connectivity index (χ1n) is 5.71. The zero-order valence-corrected chi connectivity index (χ0v) is 10.3. The number of rotatable bonds is 8. The lowest BCUT2D eigenvalue weighted by molar-refractivity contribution is -0.147. The molecule has 5 nitrogen and oxygen atoms in total. The van der Waals surface area contributed by atoms with E-state index in [-0.39, 0.29) is 12.5 Å². The van der Waals surface area contributed by atoms with E-state index in [0.29, 0.717) is 12.8 Å². The summed E-state index contributed by atoms with van der Waals surface area (Å²) in [6.07, 6.45) is 2.09. The number of hydrogen-bond acceptors (Lipinski definition) is 3. The maximum atomic E-state index is 11.5. The van der Waals surface area contributed by atoms with Gasteiger partial charge in [-0.25, -0.2) is 4.79 Å². The molecule has 0 rings (SSSR count). The van der Waals surface area contributed by atoms with E-state index in [0.717, 1.165) is 13.0 Å². The minimum absolute atomic E-state index is 0.167. The molecule has 0 aromatic heterocycles. The van der Waals surface area contributed by atoms with Crippen molar-refractivity contribution in [1.82, 2.24) is 10.6 Å². The molecule has 0 aromatic carbocycles. The van der Waals surface area contributed by atoms with Gasteiger partial charge >= 0.3 is 5.97 Å². The first-order chi connectivity index (χ1) is 7.46. The van der Waals surface area contributed by atoms with Gasteiger partial charge in [-0.05, 0) is 26.3 Å². The zero-order valence-electron chi connectivity index (χ0n) is 10.3. The van der Waals surface area contributed by atoms with Crippen molar-refractivity contribution in [3.8, 4) is 0 Å². The Hall–Kier alpha value is -1.10. The molecule has 0 radical (unpaired) electrons. The Morgan fingerprint density at radius 3 is 2.31 bits per heavy atom. The van der Waals surface area contributed by atoms with Gasteiger partial charge in [-0.1, -0.05) is 20.3 Å². The Bertz CT molecular complexity index is 243. The molecule has 1 amide bonds.